The number of phenolic OH excluding ortho intramolecular Hbond substituents is 1. The number of allylic oxidation sites excluding steroid dienone is 2. The zero-order valence-electron chi connectivity index (χ0n) is 11.7. The number of thiazole rings is 1. The van der Waals surface area contributed by atoms with E-state index in [9.17, 15) is 5.11 Å². The summed E-state index contributed by atoms with van der Waals surface area (Å²) >= 11 is 1.68. The molecular formula is C17H19NOS. The second kappa shape index (κ2) is 5.80. The molecule has 3 rings (SSSR count). The maximum Gasteiger partial charge on any atom is 0.125 e. The van der Waals surface area contributed by atoms with Crippen molar-refractivity contribution < 1.29 is 5.11 Å². The van der Waals surface area contributed by atoms with Crippen LogP contribution in [0.25, 0.3) is 16.8 Å². The lowest BCUT2D eigenvalue weighted by atomic mass is 9.88. The maximum atomic E-state index is 9.90. The largest absolute Gasteiger partial charge is 0.507 e. The fraction of sp³-hybridized carbons (Fsp3) is 0.353. The first kappa shape index (κ1) is 13.4. The summed E-state index contributed by atoms with van der Waals surface area (Å²) < 4.78 is 0. The number of benzene rings is 1. The first-order valence-electron chi connectivity index (χ1n) is 7.21. The van der Waals surface area contributed by atoms with Gasteiger partial charge in [-0.25, -0.2) is 4.98 Å². The van der Waals surface area contributed by atoms with Crippen LogP contribution in [-0.4, -0.2) is 10.1 Å². The number of nitrogens with zero attached hydrogens (tertiary/aromatic N) is 1. The van der Waals surface area contributed by atoms with Crippen LogP contribution in [0.2, 0.25) is 0 Å². The van der Waals surface area contributed by atoms with Crippen LogP contribution in [0.5, 0.6) is 5.75 Å². The summed E-state index contributed by atoms with van der Waals surface area (Å²) in [4.78, 5) is 4.71. The van der Waals surface area contributed by atoms with Crippen molar-refractivity contribution in [3.63, 3.8) is 0 Å². The normalized spacial score (nSPS) is 18.9. The number of aromatic nitrogens is 1. The van der Waals surface area contributed by atoms with E-state index in [-0.39, 0.29) is 0 Å². The van der Waals surface area contributed by atoms with Crippen LogP contribution >= 0.6 is 11.3 Å². The topological polar surface area (TPSA) is 33.1 Å². The second-order valence-corrected chi connectivity index (χ2v) is 6.19. The van der Waals surface area contributed by atoms with Crippen LogP contribution in [0.4, 0.5) is 0 Å². The smallest absolute Gasteiger partial charge is 0.125 e. The zero-order chi connectivity index (χ0) is 13.9. The van der Waals surface area contributed by atoms with Crippen molar-refractivity contribution in [3.8, 4) is 17.0 Å². The van der Waals surface area contributed by atoms with E-state index in [0.717, 1.165) is 28.6 Å². The first-order valence-corrected chi connectivity index (χ1v) is 8.09. The molecule has 0 saturated heterocycles. The van der Waals surface area contributed by atoms with Crippen molar-refractivity contribution in [3.05, 3.63) is 40.7 Å². The highest BCUT2D eigenvalue weighted by Crippen LogP contribution is 2.36. The number of aromatic hydroxyl groups is 1. The molecule has 20 heavy (non-hydrogen) atoms. The van der Waals surface area contributed by atoms with E-state index in [1.54, 1.807) is 17.4 Å². The molecule has 1 atom stereocenters. The van der Waals surface area contributed by atoms with E-state index in [0.29, 0.717) is 5.75 Å². The molecule has 1 aliphatic rings. The lowest BCUT2D eigenvalue weighted by molar-refractivity contribution is 0.470. The van der Waals surface area contributed by atoms with Gasteiger partial charge in [0.15, 0.2) is 0 Å². The lowest BCUT2D eigenvalue weighted by Gasteiger charge is -2.19. The molecule has 1 aliphatic carbocycles. The highest BCUT2D eigenvalue weighted by atomic mass is 32.1. The summed E-state index contributed by atoms with van der Waals surface area (Å²) in [6, 6.07) is 7.39. The monoisotopic (exact) mass is 285 g/mol. The van der Waals surface area contributed by atoms with Gasteiger partial charge in [-0.2, -0.15) is 0 Å². The number of phenols is 1. The van der Waals surface area contributed by atoms with Crippen LogP contribution in [0, 0.1) is 5.92 Å². The number of para-hydroxylation sites is 1. The SMILES string of the molecule is CCC1CC=C(c2nc(-c3ccccc3O)cs2)CC1. The van der Waals surface area contributed by atoms with Crippen molar-refractivity contribution in [1.82, 2.24) is 4.98 Å². The van der Waals surface area contributed by atoms with E-state index in [4.69, 9.17) is 4.98 Å². The minimum atomic E-state index is 0.299. The van der Waals surface area contributed by atoms with Crippen molar-refractivity contribution in [2.45, 2.75) is 32.6 Å². The predicted molar refractivity (Wildman–Crippen MR) is 84.8 cm³/mol. The predicted octanol–water partition coefficient (Wildman–Crippen LogP) is 5.11. The fourth-order valence-electron chi connectivity index (χ4n) is 2.69. The Balaban J connectivity index is 1.85. The molecule has 0 spiro atoms. The van der Waals surface area contributed by atoms with E-state index >= 15 is 0 Å². The summed E-state index contributed by atoms with van der Waals surface area (Å²) in [5, 5.41) is 13.0. The number of hydrogen-bond donors (Lipinski definition) is 1. The molecule has 2 aromatic rings. The van der Waals surface area contributed by atoms with Gasteiger partial charge in [0.25, 0.3) is 0 Å². The average molecular weight is 285 g/mol. The first-order chi connectivity index (χ1) is 9.78. The van der Waals surface area contributed by atoms with Gasteiger partial charge in [0.05, 0.1) is 5.69 Å². The summed E-state index contributed by atoms with van der Waals surface area (Å²) in [7, 11) is 0. The Bertz CT molecular complexity index is 629. The lowest BCUT2D eigenvalue weighted by Crippen LogP contribution is -2.03. The molecule has 0 fully saturated rings. The Hall–Kier alpha value is -1.61. The number of hydrogen-bond acceptors (Lipinski definition) is 3. The molecular weight excluding hydrogens is 266 g/mol. The van der Waals surface area contributed by atoms with Gasteiger partial charge >= 0.3 is 0 Å². The molecule has 0 aliphatic heterocycles. The highest BCUT2D eigenvalue weighted by Gasteiger charge is 2.17. The third-order valence-electron chi connectivity index (χ3n) is 4.06. The third kappa shape index (κ3) is 2.63. The molecule has 1 unspecified atom stereocenters. The number of rotatable bonds is 3. The van der Waals surface area contributed by atoms with E-state index in [1.165, 1.54) is 24.8 Å². The molecule has 1 aromatic heterocycles. The Morgan fingerprint density at radius 2 is 2.20 bits per heavy atom. The van der Waals surface area contributed by atoms with Gasteiger partial charge in [0, 0.05) is 10.9 Å². The molecule has 0 saturated carbocycles. The van der Waals surface area contributed by atoms with Gasteiger partial charge in [-0.1, -0.05) is 31.6 Å². The van der Waals surface area contributed by atoms with Gasteiger partial charge in [-0.05, 0) is 42.9 Å². The molecule has 104 valence electrons. The summed E-state index contributed by atoms with van der Waals surface area (Å²) in [5.41, 5.74) is 3.07. The van der Waals surface area contributed by atoms with Crippen LogP contribution < -0.4 is 0 Å². The van der Waals surface area contributed by atoms with Crippen molar-refractivity contribution >= 4 is 16.9 Å². The van der Waals surface area contributed by atoms with Crippen LogP contribution in [0.1, 0.15) is 37.6 Å². The van der Waals surface area contributed by atoms with Crippen LogP contribution in [0.15, 0.2) is 35.7 Å². The molecule has 0 radical (unpaired) electrons. The summed E-state index contributed by atoms with van der Waals surface area (Å²) in [6.07, 6.45) is 7.20. The Morgan fingerprint density at radius 1 is 1.35 bits per heavy atom. The van der Waals surface area contributed by atoms with Gasteiger partial charge in [0.1, 0.15) is 10.8 Å². The highest BCUT2D eigenvalue weighted by molar-refractivity contribution is 7.11. The molecule has 0 bridgehead atoms. The molecule has 0 amide bonds. The van der Waals surface area contributed by atoms with Gasteiger partial charge < -0.3 is 5.11 Å². The second-order valence-electron chi connectivity index (χ2n) is 5.33. The molecule has 1 aromatic carbocycles. The van der Waals surface area contributed by atoms with Gasteiger partial charge in [-0.3, -0.25) is 0 Å². The summed E-state index contributed by atoms with van der Waals surface area (Å²) in [5.74, 6) is 1.14. The van der Waals surface area contributed by atoms with Crippen molar-refractivity contribution in [2.75, 3.05) is 0 Å². The molecule has 2 nitrogen and oxygen atoms in total. The van der Waals surface area contributed by atoms with E-state index in [1.807, 2.05) is 23.6 Å². The Kier molecular flexibility index (Phi) is 3.88. The van der Waals surface area contributed by atoms with Crippen LogP contribution in [-0.2, 0) is 0 Å². The minimum absolute atomic E-state index is 0.299. The van der Waals surface area contributed by atoms with Gasteiger partial charge in [0.2, 0.25) is 0 Å². The zero-order valence-corrected chi connectivity index (χ0v) is 12.5. The standard InChI is InChI=1S/C17H19NOS/c1-2-12-7-9-13(10-8-12)17-18-15(11-20-17)14-5-3-4-6-16(14)19/h3-6,9,11-12,19H,2,7-8,10H2,1H3. The Morgan fingerprint density at radius 3 is 2.90 bits per heavy atom. The van der Waals surface area contributed by atoms with E-state index < -0.39 is 0 Å². The average Bonchev–Trinajstić information content (AvgIpc) is 2.97. The maximum absolute atomic E-state index is 9.90. The van der Waals surface area contributed by atoms with Crippen LogP contribution in [0.3, 0.4) is 0 Å². The molecule has 1 heterocycles. The fourth-order valence-corrected chi connectivity index (χ4v) is 3.58. The Labute approximate surface area is 123 Å². The van der Waals surface area contributed by atoms with Crippen molar-refractivity contribution in [1.29, 1.82) is 0 Å². The third-order valence-corrected chi connectivity index (χ3v) is 4.97. The molecule has 3 heteroatoms. The molecule has 1 N–H and O–H groups in total. The van der Waals surface area contributed by atoms with Gasteiger partial charge in [-0.15, -0.1) is 11.3 Å². The minimum Gasteiger partial charge on any atom is -0.507 e. The van der Waals surface area contributed by atoms with E-state index in [2.05, 4.69) is 13.0 Å². The van der Waals surface area contributed by atoms with Crippen molar-refractivity contribution in [2.24, 2.45) is 5.92 Å². The quantitative estimate of drug-likeness (QED) is 0.850. The summed E-state index contributed by atoms with van der Waals surface area (Å²) in [6.45, 7) is 2.27.